The van der Waals surface area contributed by atoms with E-state index in [0.717, 1.165) is 4.31 Å². The van der Waals surface area contributed by atoms with E-state index in [2.05, 4.69) is 4.98 Å². The zero-order valence-electron chi connectivity index (χ0n) is 8.96. The number of aliphatic hydroxyl groups excluding tert-OH is 1. The standard InChI is InChI=1S/C9H13ClN2O3S/c1-7(6-13)12(2)16(14,15)8-3-4-9(10)11-5-8/h3-5,7,13H,6H2,1-2H3. The van der Waals surface area contributed by atoms with Gasteiger partial charge in [0.2, 0.25) is 10.0 Å². The fourth-order valence-electron chi connectivity index (χ4n) is 1.03. The van der Waals surface area contributed by atoms with E-state index in [4.69, 9.17) is 16.7 Å². The first-order chi connectivity index (χ1) is 7.39. The fourth-order valence-corrected chi connectivity index (χ4v) is 2.44. The van der Waals surface area contributed by atoms with Gasteiger partial charge in [-0.3, -0.25) is 0 Å². The Morgan fingerprint density at radius 3 is 2.62 bits per heavy atom. The van der Waals surface area contributed by atoms with Crippen LogP contribution in [0.25, 0.3) is 0 Å². The van der Waals surface area contributed by atoms with E-state index in [1.807, 2.05) is 0 Å². The SMILES string of the molecule is CC(CO)N(C)S(=O)(=O)c1ccc(Cl)nc1. The molecule has 0 fully saturated rings. The summed E-state index contributed by atoms with van der Waals surface area (Å²) in [6.45, 7) is 1.37. The van der Waals surface area contributed by atoms with Crippen molar-refractivity contribution in [3.05, 3.63) is 23.5 Å². The van der Waals surface area contributed by atoms with Gasteiger partial charge in [0.05, 0.1) is 6.61 Å². The predicted molar refractivity (Wildman–Crippen MR) is 60.7 cm³/mol. The van der Waals surface area contributed by atoms with Crippen LogP contribution in [0.2, 0.25) is 5.15 Å². The number of aliphatic hydroxyl groups is 1. The predicted octanol–water partition coefficient (Wildman–Crippen LogP) is 0.736. The molecule has 0 amide bonds. The molecule has 1 aromatic rings. The van der Waals surface area contributed by atoms with Crippen LogP contribution in [0.1, 0.15) is 6.92 Å². The molecule has 1 aromatic heterocycles. The topological polar surface area (TPSA) is 70.5 Å². The van der Waals surface area contributed by atoms with Crippen LogP contribution < -0.4 is 0 Å². The highest BCUT2D eigenvalue weighted by Gasteiger charge is 2.24. The van der Waals surface area contributed by atoms with Crippen molar-refractivity contribution < 1.29 is 13.5 Å². The van der Waals surface area contributed by atoms with E-state index < -0.39 is 16.1 Å². The highest BCUT2D eigenvalue weighted by atomic mass is 35.5. The third kappa shape index (κ3) is 2.70. The highest BCUT2D eigenvalue weighted by Crippen LogP contribution is 2.16. The minimum absolute atomic E-state index is 0.0553. The molecule has 5 nitrogen and oxygen atoms in total. The maximum absolute atomic E-state index is 12.0. The minimum atomic E-state index is -3.61. The summed E-state index contributed by atoms with van der Waals surface area (Å²) < 4.78 is 25.0. The largest absolute Gasteiger partial charge is 0.395 e. The first kappa shape index (κ1) is 13.4. The van der Waals surface area contributed by atoms with Gasteiger partial charge in [0.15, 0.2) is 0 Å². The van der Waals surface area contributed by atoms with E-state index in [0.29, 0.717) is 0 Å². The smallest absolute Gasteiger partial charge is 0.244 e. The van der Waals surface area contributed by atoms with Crippen LogP contribution in [0.3, 0.4) is 0 Å². The number of aromatic nitrogens is 1. The van der Waals surface area contributed by atoms with Crippen molar-refractivity contribution >= 4 is 21.6 Å². The molecule has 1 atom stereocenters. The van der Waals surface area contributed by atoms with Gasteiger partial charge in [-0.25, -0.2) is 13.4 Å². The summed E-state index contributed by atoms with van der Waals surface area (Å²) in [5.74, 6) is 0. The third-order valence-corrected chi connectivity index (χ3v) is 4.44. The van der Waals surface area contributed by atoms with Gasteiger partial charge in [0.25, 0.3) is 0 Å². The van der Waals surface area contributed by atoms with Crippen molar-refractivity contribution in [2.24, 2.45) is 0 Å². The second-order valence-electron chi connectivity index (χ2n) is 3.37. The Hall–Kier alpha value is -0.690. The van der Waals surface area contributed by atoms with Gasteiger partial charge in [0, 0.05) is 19.3 Å². The molecule has 0 aromatic carbocycles. The van der Waals surface area contributed by atoms with Crippen LogP contribution in [-0.4, -0.2) is 42.5 Å². The number of hydrogen-bond acceptors (Lipinski definition) is 4. The number of likely N-dealkylation sites (N-methyl/N-ethyl adjacent to an activating group) is 1. The molecule has 1 heterocycles. The molecule has 1 rings (SSSR count). The number of sulfonamides is 1. The molecular formula is C9H13ClN2O3S. The average molecular weight is 265 g/mol. The van der Waals surface area contributed by atoms with E-state index >= 15 is 0 Å². The molecule has 0 aliphatic carbocycles. The summed E-state index contributed by atoms with van der Waals surface area (Å²) in [7, 11) is -2.21. The van der Waals surface area contributed by atoms with E-state index in [9.17, 15) is 8.42 Å². The zero-order valence-corrected chi connectivity index (χ0v) is 10.5. The molecule has 7 heteroatoms. The molecule has 90 valence electrons. The summed E-state index contributed by atoms with van der Waals surface area (Å²) in [5.41, 5.74) is 0. The second kappa shape index (κ2) is 5.09. The normalized spacial score (nSPS) is 14.1. The van der Waals surface area contributed by atoms with Crippen LogP contribution >= 0.6 is 11.6 Å². The second-order valence-corrected chi connectivity index (χ2v) is 5.75. The zero-order chi connectivity index (χ0) is 12.3. The maximum Gasteiger partial charge on any atom is 0.244 e. The molecule has 1 N–H and O–H groups in total. The van der Waals surface area contributed by atoms with Gasteiger partial charge in [-0.15, -0.1) is 0 Å². The molecule has 0 bridgehead atoms. The number of hydrogen-bond donors (Lipinski definition) is 1. The lowest BCUT2D eigenvalue weighted by molar-refractivity contribution is 0.214. The third-order valence-electron chi connectivity index (χ3n) is 2.26. The summed E-state index contributed by atoms with van der Waals surface area (Å²) in [6, 6.07) is 2.30. The maximum atomic E-state index is 12.0. The van der Waals surface area contributed by atoms with Crippen LogP contribution in [0.4, 0.5) is 0 Å². The van der Waals surface area contributed by atoms with Gasteiger partial charge >= 0.3 is 0 Å². The first-order valence-electron chi connectivity index (χ1n) is 4.60. The Morgan fingerprint density at radius 1 is 1.56 bits per heavy atom. The molecule has 0 aliphatic heterocycles. The van der Waals surface area contributed by atoms with Crippen LogP contribution in [0.15, 0.2) is 23.2 Å². The Labute approximate surface area is 99.7 Å². The van der Waals surface area contributed by atoms with Crippen LogP contribution in [0.5, 0.6) is 0 Å². The summed E-state index contributed by atoms with van der Waals surface area (Å²) in [6.07, 6.45) is 1.19. The number of pyridine rings is 1. The summed E-state index contributed by atoms with van der Waals surface area (Å²) >= 11 is 5.57. The van der Waals surface area contributed by atoms with Crippen LogP contribution in [-0.2, 0) is 10.0 Å². The van der Waals surface area contributed by atoms with Crippen molar-refractivity contribution in [2.45, 2.75) is 17.9 Å². The molecule has 0 aliphatic rings. The Kier molecular flexibility index (Phi) is 4.26. The highest BCUT2D eigenvalue weighted by molar-refractivity contribution is 7.89. The number of rotatable bonds is 4. The molecule has 0 saturated carbocycles. The fraction of sp³-hybridized carbons (Fsp3) is 0.444. The molecule has 0 radical (unpaired) electrons. The van der Waals surface area contributed by atoms with Crippen molar-refractivity contribution in [2.75, 3.05) is 13.7 Å². The monoisotopic (exact) mass is 264 g/mol. The quantitative estimate of drug-likeness (QED) is 0.814. The van der Waals surface area contributed by atoms with E-state index in [1.165, 1.54) is 25.4 Å². The van der Waals surface area contributed by atoms with Gasteiger partial charge in [0.1, 0.15) is 10.0 Å². The minimum Gasteiger partial charge on any atom is -0.395 e. The Balaban J connectivity index is 3.07. The lowest BCUT2D eigenvalue weighted by Gasteiger charge is -2.22. The molecule has 0 spiro atoms. The average Bonchev–Trinajstić information content (AvgIpc) is 2.27. The molecule has 16 heavy (non-hydrogen) atoms. The first-order valence-corrected chi connectivity index (χ1v) is 6.42. The summed E-state index contributed by atoms with van der Waals surface area (Å²) in [4.78, 5) is 3.77. The van der Waals surface area contributed by atoms with Gasteiger partial charge in [-0.05, 0) is 19.1 Å². The lowest BCUT2D eigenvalue weighted by Crippen LogP contribution is -2.37. The molecule has 0 saturated heterocycles. The molecular weight excluding hydrogens is 252 g/mol. The number of nitrogens with zero attached hydrogens (tertiary/aromatic N) is 2. The van der Waals surface area contributed by atoms with Gasteiger partial charge in [-0.1, -0.05) is 11.6 Å². The summed E-state index contributed by atoms with van der Waals surface area (Å²) in [5, 5.41) is 9.15. The molecule has 1 unspecified atom stereocenters. The van der Waals surface area contributed by atoms with Gasteiger partial charge < -0.3 is 5.11 Å². The lowest BCUT2D eigenvalue weighted by atomic mass is 10.4. The van der Waals surface area contributed by atoms with Crippen molar-refractivity contribution in [1.29, 1.82) is 0 Å². The van der Waals surface area contributed by atoms with Crippen molar-refractivity contribution in [1.82, 2.24) is 9.29 Å². The van der Waals surface area contributed by atoms with Crippen molar-refractivity contribution in [3.8, 4) is 0 Å². The van der Waals surface area contributed by atoms with E-state index in [1.54, 1.807) is 6.92 Å². The Bertz CT molecular complexity index is 446. The van der Waals surface area contributed by atoms with Crippen molar-refractivity contribution in [3.63, 3.8) is 0 Å². The Morgan fingerprint density at radius 2 is 2.19 bits per heavy atom. The number of halogens is 1. The van der Waals surface area contributed by atoms with Gasteiger partial charge in [-0.2, -0.15) is 4.31 Å². The van der Waals surface area contributed by atoms with E-state index in [-0.39, 0.29) is 16.7 Å². The van der Waals surface area contributed by atoms with Crippen LogP contribution in [0, 0.1) is 0 Å².